The van der Waals surface area contributed by atoms with Crippen LogP contribution >= 0.6 is 0 Å². The van der Waals surface area contributed by atoms with Gasteiger partial charge in [0.2, 0.25) is 0 Å². The zero-order valence-corrected chi connectivity index (χ0v) is 21.8. The van der Waals surface area contributed by atoms with Crippen LogP contribution in [-0.4, -0.2) is 0 Å². The van der Waals surface area contributed by atoms with E-state index in [0.717, 1.165) is 31.2 Å². The number of hydrogen-bond donors (Lipinski definition) is 0. The molecule has 0 spiro atoms. The summed E-state index contributed by atoms with van der Waals surface area (Å²) in [5, 5.41) is 0. The van der Waals surface area contributed by atoms with E-state index < -0.39 is 23.3 Å². The fourth-order valence-electron chi connectivity index (χ4n) is 5.37. The van der Waals surface area contributed by atoms with E-state index in [1.807, 2.05) is 36.4 Å². The van der Waals surface area contributed by atoms with Crippen molar-refractivity contribution in [1.82, 2.24) is 0 Å². The Balaban J connectivity index is 1.43. The largest absolute Gasteiger partial charge is 0.209 e. The van der Waals surface area contributed by atoms with Crippen LogP contribution in [-0.2, 0) is 12.8 Å². The molecule has 2 unspecified atom stereocenters. The lowest BCUT2D eigenvalue weighted by atomic mass is 9.81. The van der Waals surface area contributed by atoms with Gasteiger partial charge in [0.25, 0.3) is 0 Å². The van der Waals surface area contributed by atoms with Gasteiger partial charge in [0, 0.05) is 23.0 Å². The Morgan fingerprint density at radius 3 is 1.49 bits per heavy atom. The van der Waals surface area contributed by atoms with Crippen molar-refractivity contribution in [3.63, 3.8) is 0 Å². The van der Waals surface area contributed by atoms with Crippen LogP contribution < -0.4 is 0 Å². The summed E-state index contributed by atoms with van der Waals surface area (Å²) in [4.78, 5) is 0. The molecule has 0 N–H and O–H groups in total. The minimum Gasteiger partial charge on any atom is -0.209 e. The summed E-state index contributed by atoms with van der Waals surface area (Å²) >= 11 is 0. The van der Waals surface area contributed by atoms with Gasteiger partial charge in [0.1, 0.15) is 11.7 Å². The molecule has 37 heavy (non-hydrogen) atoms. The average Bonchev–Trinajstić information content (AvgIpc) is 2.92. The SMILES string of the molecule is CCCCC1CCC(CCc2ccc(-c3ccc(-c4ccc(CCC)cc4)c(F)c3F)cc2)C(F)=C1F. The fraction of sp³-hybridized carbons (Fsp3) is 0.394. The summed E-state index contributed by atoms with van der Waals surface area (Å²) in [5.41, 5.74) is 3.82. The molecule has 0 saturated heterocycles. The molecule has 1 aliphatic rings. The van der Waals surface area contributed by atoms with Crippen molar-refractivity contribution < 1.29 is 17.6 Å². The van der Waals surface area contributed by atoms with Crippen molar-refractivity contribution >= 4 is 0 Å². The number of rotatable bonds is 10. The highest BCUT2D eigenvalue weighted by Gasteiger charge is 2.30. The van der Waals surface area contributed by atoms with Gasteiger partial charge < -0.3 is 0 Å². The first-order valence-corrected chi connectivity index (χ1v) is 13.6. The third-order valence-corrected chi connectivity index (χ3v) is 7.65. The zero-order valence-electron chi connectivity index (χ0n) is 21.8. The van der Waals surface area contributed by atoms with Gasteiger partial charge in [0.05, 0.1) is 0 Å². The van der Waals surface area contributed by atoms with Crippen molar-refractivity contribution in [1.29, 1.82) is 0 Å². The molecule has 0 fully saturated rings. The lowest BCUT2D eigenvalue weighted by Crippen LogP contribution is -2.17. The molecule has 0 saturated carbocycles. The Kier molecular flexibility index (Phi) is 9.23. The number of hydrogen-bond acceptors (Lipinski definition) is 0. The Bertz CT molecular complexity index is 1210. The van der Waals surface area contributed by atoms with Crippen LogP contribution in [0.25, 0.3) is 22.3 Å². The Hall–Kier alpha value is -2.88. The molecule has 1 aliphatic carbocycles. The summed E-state index contributed by atoms with van der Waals surface area (Å²) in [6.07, 6.45) is 7.12. The molecular formula is C33H36F4. The first-order valence-electron chi connectivity index (χ1n) is 13.6. The minimum absolute atomic E-state index is 0.205. The second-order valence-electron chi connectivity index (χ2n) is 10.3. The second-order valence-corrected chi connectivity index (χ2v) is 10.3. The number of benzene rings is 3. The van der Waals surface area contributed by atoms with Crippen LogP contribution in [0.2, 0.25) is 0 Å². The second kappa shape index (κ2) is 12.6. The van der Waals surface area contributed by atoms with E-state index >= 15 is 8.78 Å². The van der Waals surface area contributed by atoms with Crippen molar-refractivity contribution in [2.24, 2.45) is 11.8 Å². The molecule has 0 aliphatic heterocycles. The molecule has 4 heteroatoms. The number of aryl methyl sites for hydroxylation is 2. The van der Waals surface area contributed by atoms with Gasteiger partial charge in [-0.1, -0.05) is 93.8 Å². The van der Waals surface area contributed by atoms with Crippen molar-refractivity contribution in [2.45, 2.75) is 71.6 Å². The maximum Gasteiger partial charge on any atom is 0.167 e. The highest BCUT2D eigenvalue weighted by molar-refractivity contribution is 5.72. The summed E-state index contributed by atoms with van der Waals surface area (Å²) in [5.74, 6) is -3.49. The number of halogens is 4. The van der Waals surface area contributed by atoms with Crippen LogP contribution in [0.5, 0.6) is 0 Å². The molecule has 0 heterocycles. The Labute approximate surface area is 218 Å². The fourth-order valence-corrected chi connectivity index (χ4v) is 5.37. The molecule has 0 amide bonds. The summed E-state index contributed by atoms with van der Waals surface area (Å²) in [7, 11) is 0. The molecule has 0 bridgehead atoms. The van der Waals surface area contributed by atoms with Gasteiger partial charge in [0.15, 0.2) is 11.6 Å². The van der Waals surface area contributed by atoms with Crippen LogP contribution in [0.1, 0.15) is 69.9 Å². The summed E-state index contributed by atoms with van der Waals surface area (Å²) in [6.45, 7) is 4.16. The quantitative estimate of drug-likeness (QED) is 0.239. The lowest BCUT2D eigenvalue weighted by Gasteiger charge is -2.26. The molecule has 4 rings (SSSR count). The Morgan fingerprint density at radius 2 is 1.03 bits per heavy atom. The molecule has 0 nitrogen and oxygen atoms in total. The lowest BCUT2D eigenvalue weighted by molar-refractivity contribution is 0.273. The average molecular weight is 509 g/mol. The third kappa shape index (κ3) is 6.34. The first kappa shape index (κ1) is 27.2. The van der Waals surface area contributed by atoms with Crippen LogP contribution in [0.4, 0.5) is 17.6 Å². The number of unbranched alkanes of at least 4 members (excludes halogenated alkanes) is 1. The number of allylic oxidation sites excluding steroid dienone is 2. The molecular weight excluding hydrogens is 472 g/mol. The van der Waals surface area contributed by atoms with Gasteiger partial charge >= 0.3 is 0 Å². The maximum atomic E-state index is 15.1. The first-order chi connectivity index (χ1) is 17.9. The zero-order chi connectivity index (χ0) is 26.4. The topological polar surface area (TPSA) is 0 Å². The summed E-state index contributed by atoms with van der Waals surface area (Å²) in [6, 6.07) is 18.1. The highest BCUT2D eigenvalue weighted by Crippen LogP contribution is 2.40. The smallest absolute Gasteiger partial charge is 0.167 e. The van der Waals surface area contributed by atoms with Gasteiger partial charge in [-0.05, 0) is 60.8 Å². The Morgan fingerprint density at radius 1 is 0.568 bits per heavy atom. The highest BCUT2D eigenvalue weighted by atomic mass is 19.2. The van der Waals surface area contributed by atoms with E-state index in [1.54, 1.807) is 24.3 Å². The normalized spacial score (nSPS) is 17.9. The van der Waals surface area contributed by atoms with Crippen LogP contribution in [0.3, 0.4) is 0 Å². The third-order valence-electron chi connectivity index (χ3n) is 7.65. The van der Waals surface area contributed by atoms with Crippen molar-refractivity contribution in [3.8, 4) is 22.3 Å². The van der Waals surface area contributed by atoms with Crippen LogP contribution in [0.15, 0.2) is 72.3 Å². The monoisotopic (exact) mass is 508 g/mol. The van der Waals surface area contributed by atoms with E-state index in [9.17, 15) is 8.78 Å². The maximum absolute atomic E-state index is 15.1. The van der Waals surface area contributed by atoms with E-state index in [0.29, 0.717) is 43.2 Å². The predicted molar refractivity (Wildman–Crippen MR) is 145 cm³/mol. The molecule has 2 atom stereocenters. The summed E-state index contributed by atoms with van der Waals surface area (Å²) < 4.78 is 59.2. The van der Waals surface area contributed by atoms with Gasteiger partial charge in [-0.3, -0.25) is 0 Å². The van der Waals surface area contributed by atoms with Gasteiger partial charge in [-0.25, -0.2) is 17.6 Å². The van der Waals surface area contributed by atoms with Gasteiger partial charge in [-0.15, -0.1) is 0 Å². The molecule has 3 aromatic rings. The molecule has 0 aromatic heterocycles. The van der Waals surface area contributed by atoms with Crippen LogP contribution in [0, 0.1) is 23.5 Å². The minimum atomic E-state index is -0.870. The van der Waals surface area contributed by atoms with E-state index in [2.05, 4.69) is 13.8 Å². The van der Waals surface area contributed by atoms with E-state index in [1.165, 1.54) is 5.56 Å². The van der Waals surface area contributed by atoms with Gasteiger partial charge in [-0.2, -0.15) is 0 Å². The molecule has 196 valence electrons. The van der Waals surface area contributed by atoms with Crippen molar-refractivity contribution in [2.75, 3.05) is 0 Å². The molecule has 3 aromatic carbocycles. The van der Waals surface area contributed by atoms with E-state index in [-0.39, 0.29) is 23.0 Å². The van der Waals surface area contributed by atoms with E-state index in [4.69, 9.17) is 0 Å². The molecule has 0 radical (unpaired) electrons. The predicted octanol–water partition coefficient (Wildman–Crippen LogP) is 10.6. The standard InChI is InChI=1S/C33H36F4/c1-3-5-7-26-18-19-27(31(35)30(26)34)17-12-23-10-15-25(16-11-23)29-21-20-28(32(36)33(29)37)24-13-8-22(6-4-2)9-14-24/h8-11,13-16,20-21,26-27H,3-7,12,17-19H2,1-2H3. The van der Waals surface area contributed by atoms with Crippen molar-refractivity contribution in [3.05, 3.63) is 95.1 Å².